The Hall–Kier alpha value is -2.73. The van der Waals surface area contributed by atoms with Crippen molar-refractivity contribution in [2.75, 3.05) is 17.2 Å². The molecule has 1 amide bonds. The Balaban J connectivity index is 0.000000177. The molecule has 0 saturated heterocycles. The van der Waals surface area contributed by atoms with Crippen molar-refractivity contribution in [2.45, 2.75) is 26.2 Å². The second kappa shape index (κ2) is 8.10. The predicted octanol–water partition coefficient (Wildman–Crippen LogP) is 3.93. The van der Waals surface area contributed by atoms with Crippen LogP contribution in [0, 0.1) is 6.92 Å². The molecule has 5 rings (SSSR count). The van der Waals surface area contributed by atoms with Gasteiger partial charge in [-0.25, -0.2) is 4.98 Å². The standard InChI is InChI=1S/C13H14N4OS.C9H10/c1-8-6-16-13-11(8)9(2-3-15-13)17-4-5-19-10(7-17)12(14)18;1-2-5-9-7-3-6-8(9)4-1/h2-3,6-7H,4-5H2,1H3,(H2,14,18)(H,15,16);1-2,4-5H,3,6-7H2. The lowest BCUT2D eigenvalue weighted by atomic mass is 10.1. The highest BCUT2D eigenvalue weighted by molar-refractivity contribution is 8.04. The van der Waals surface area contributed by atoms with Crippen LogP contribution in [0.4, 0.5) is 5.69 Å². The van der Waals surface area contributed by atoms with Crippen LogP contribution < -0.4 is 10.6 Å². The van der Waals surface area contributed by atoms with Crippen LogP contribution >= 0.6 is 11.8 Å². The van der Waals surface area contributed by atoms with Crippen molar-refractivity contribution < 1.29 is 4.79 Å². The van der Waals surface area contributed by atoms with Crippen LogP contribution in [0.15, 0.2) is 53.8 Å². The maximum atomic E-state index is 11.3. The first-order valence-corrected chi connectivity index (χ1v) is 10.5. The summed E-state index contributed by atoms with van der Waals surface area (Å²) in [5.41, 5.74) is 11.6. The molecule has 5 nitrogen and oxygen atoms in total. The highest BCUT2D eigenvalue weighted by Crippen LogP contribution is 2.32. The van der Waals surface area contributed by atoms with Gasteiger partial charge in [-0.1, -0.05) is 24.3 Å². The number of amides is 1. The molecule has 0 radical (unpaired) electrons. The molecular formula is C22H24N4OS. The number of aromatic nitrogens is 2. The molecule has 0 bridgehead atoms. The number of nitrogens with one attached hydrogen (secondary N) is 1. The predicted molar refractivity (Wildman–Crippen MR) is 116 cm³/mol. The number of carbonyl (C=O) groups is 1. The minimum Gasteiger partial charge on any atom is -0.365 e. The van der Waals surface area contributed by atoms with Gasteiger partial charge >= 0.3 is 0 Å². The summed E-state index contributed by atoms with van der Waals surface area (Å²) in [5.74, 6) is 0.480. The molecule has 28 heavy (non-hydrogen) atoms. The Morgan fingerprint density at radius 2 is 1.96 bits per heavy atom. The number of primary amides is 1. The van der Waals surface area contributed by atoms with Gasteiger partial charge in [0.15, 0.2) is 0 Å². The molecule has 0 unspecified atom stereocenters. The van der Waals surface area contributed by atoms with E-state index in [0.717, 1.165) is 34.6 Å². The van der Waals surface area contributed by atoms with Crippen LogP contribution in [0.3, 0.4) is 0 Å². The Morgan fingerprint density at radius 3 is 2.68 bits per heavy atom. The number of hydrogen-bond donors (Lipinski definition) is 2. The number of H-pyrrole nitrogens is 1. The largest absolute Gasteiger partial charge is 0.365 e. The Kier molecular flexibility index (Phi) is 5.39. The van der Waals surface area contributed by atoms with E-state index in [1.807, 2.05) is 25.4 Å². The number of thioether (sulfide) groups is 1. The molecule has 2 aromatic heterocycles. The highest BCUT2D eigenvalue weighted by atomic mass is 32.2. The number of aromatic amines is 1. The maximum Gasteiger partial charge on any atom is 0.256 e. The van der Waals surface area contributed by atoms with Gasteiger partial charge in [0.2, 0.25) is 0 Å². The summed E-state index contributed by atoms with van der Waals surface area (Å²) < 4.78 is 0. The van der Waals surface area contributed by atoms with E-state index in [1.165, 1.54) is 31.0 Å². The lowest BCUT2D eigenvalue weighted by Crippen LogP contribution is -2.27. The molecule has 1 aliphatic carbocycles. The smallest absolute Gasteiger partial charge is 0.256 e. The third-order valence-electron chi connectivity index (χ3n) is 5.17. The second-order valence-corrected chi connectivity index (χ2v) is 8.18. The zero-order chi connectivity index (χ0) is 19.5. The topological polar surface area (TPSA) is 75.0 Å². The second-order valence-electron chi connectivity index (χ2n) is 7.05. The number of fused-ring (bicyclic) bond motifs is 2. The average Bonchev–Trinajstić information content (AvgIpc) is 3.35. The van der Waals surface area contributed by atoms with Crippen LogP contribution in [-0.4, -0.2) is 28.2 Å². The molecule has 0 fully saturated rings. The minimum atomic E-state index is -0.370. The molecule has 0 atom stereocenters. The van der Waals surface area contributed by atoms with E-state index < -0.39 is 0 Å². The number of rotatable bonds is 2. The van der Waals surface area contributed by atoms with Gasteiger partial charge in [-0.2, -0.15) is 0 Å². The molecular weight excluding hydrogens is 368 g/mol. The molecule has 2 aliphatic rings. The normalized spacial score (nSPS) is 15.6. The average molecular weight is 393 g/mol. The SMILES string of the molecule is Cc1c[nH]c2nccc(N3C=C(C(N)=O)SCC3)c12.c1ccc2c(c1)CCC2. The van der Waals surface area contributed by atoms with E-state index in [9.17, 15) is 4.79 Å². The third-order valence-corrected chi connectivity index (χ3v) is 6.18. The Morgan fingerprint density at radius 1 is 1.21 bits per heavy atom. The van der Waals surface area contributed by atoms with Crippen LogP contribution in [0.25, 0.3) is 11.0 Å². The molecule has 0 saturated carbocycles. The summed E-state index contributed by atoms with van der Waals surface area (Å²) in [7, 11) is 0. The molecule has 3 N–H and O–H groups in total. The van der Waals surface area contributed by atoms with Crippen molar-refractivity contribution in [2.24, 2.45) is 5.73 Å². The Labute approximate surface area is 169 Å². The fourth-order valence-corrected chi connectivity index (χ4v) is 4.63. The number of benzene rings is 1. The van der Waals surface area contributed by atoms with Gasteiger partial charge in [-0.05, 0) is 48.9 Å². The van der Waals surface area contributed by atoms with Crippen molar-refractivity contribution in [1.29, 1.82) is 0 Å². The number of anilines is 1. The zero-order valence-electron chi connectivity index (χ0n) is 15.9. The maximum absolute atomic E-state index is 11.3. The highest BCUT2D eigenvalue weighted by Gasteiger charge is 2.18. The number of pyridine rings is 1. The van der Waals surface area contributed by atoms with E-state index in [2.05, 4.69) is 39.1 Å². The van der Waals surface area contributed by atoms with E-state index >= 15 is 0 Å². The van der Waals surface area contributed by atoms with Crippen LogP contribution in [0.1, 0.15) is 23.1 Å². The molecule has 0 spiro atoms. The van der Waals surface area contributed by atoms with E-state index in [1.54, 1.807) is 17.3 Å². The van der Waals surface area contributed by atoms with Crippen LogP contribution in [0.5, 0.6) is 0 Å². The summed E-state index contributed by atoms with van der Waals surface area (Å²) in [6.07, 6.45) is 9.51. The first kappa shape index (κ1) is 18.6. The van der Waals surface area contributed by atoms with Crippen molar-refractivity contribution in [3.8, 4) is 0 Å². The van der Waals surface area contributed by atoms with Gasteiger partial charge in [0.1, 0.15) is 5.65 Å². The van der Waals surface area contributed by atoms with Crippen LogP contribution in [-0.2, 0) is 17.6 Å². The van der Waals surface area contributed by atoms with Gasteiger partial charge in [0.05, 0.1) is 10.6 Å². The van der Waals surface area contributed by atoms with Gasteiger partial charge in [0.25, 0.3) is 5.91 Å². The van der Waals surface area contributed by atoms with Gasteiger partial charge < -0.3 is 15.6 Å². The number of carbonyl (C=O) groups excluding carboxylic acids is 1. The van der Waals surface area contributed by atoms with Gasteiger partial charge in [0, 0.05) is 36.3 Å². The first-order chi connectivity index (χ1) is 13.6. The lowest BCUT2D eigenvalue weighted by molar-refractivity contribution is -0.113. The molecule has 3 heterocycles. The minimum absolute atomic E-state index is 0.370. The summed E-state index contributed by atoms with van der Waals surface area (Å²) in [5, 5.41) is 1.09. The third kappa shape index (κ3) is 3.78. The summed E-state index contributed by atoms with van der Waals surface area (Å²) in [4.78, 5) is 21.4. The molecule has 3 aromatic rings. The molecule has 1 aromatic carbocycles. The van der Waals surface area contributed by atoms with Crippen molar-refractivity contribution in [1.82, 2.24) is 9.97 Å². The van der Waals surface area contributed by atoms with Gasteiger partial charge in [-0.3, -0.25) is 4.79 Å². The van der Waals surface area contributed by atoms with E-state index in [4.69, 9.17) is 5.73 Å². The first-order valence-electron chi connectivity index (χ1n) is 9.54. The number of aryl methyl sites for hydroxylation is 3. The van der Waals surface area contributed by atoms with Crippen LogP contribution in [0.2, 0.25) is 0 Å². The number of hydrogen-bond acceptors (Lipinski definition) is 4. The zero-order valence-corrected chi connectivity index (χ0v) is 16.8. The van der Waals surface area contributed by atoms with Crippen molar-refractivity contribution in [3.63, 3.8) is 0 Å². The molecule has 6 heteroatoms. The fourth-order valence-electron chi connectivity index (χ4n) is 3.77. The monoisotopic (exact) mass is 392 g/mol. The summed E-state index contributed by atoms with van der Waals surface area (Å²) in [6, 6.07) is 10.7. The van der Waals surface area contributed by atoms with Crippen molar-refractivity contribution >= 4 is 34.4 Å². The molecule has 144 valence electrons. The van der Waals surface area contributed by atoms with E-state index in [-0.39, 0.29) is 5.91 Å². The van der Waals surface area contributed by atoms with Crippen molar-refractivity contribution in [3.05, 3.63) is 70.5 Å². The van der Waals surface area contributed by atoms with E-state index in [0.29, 0.717) is 4.91 Å². The number of nitrogens with zero attached hydrogens (tertiary/aromatic N) is 2. The quantitative estimate of drug-likeness (QED) is 0.693. The summed E-state index contributed by atoms with van der Waals surface area (Å²) >= 11 is 1.50. The number of nitrogens with two attached hydrogens (primary N) is 1. The Bertz CT molecular complexity index is 1020. The van der Waals surface area contributed by atoms with Gasteiger partial charge in [-0.15, -0.1) is 11.8 Å². The fraction of sp³-hybridized carbons (Fsp3) is 0.273. The summed E-state index contributed by atoms with van der Waals surface area (Å²) in [6.45, 7) is 2.90. The lowest BCUT2D eigenvalue weighted by Gasteiger charge is -2.26. The molecule has 1 aliphatic heterocycles.